The van der Waals surface area contributed by atoms with Gasteiger partial charge in [0, 0.05) is 24.4 Å². The Bertz CT molecular complexity index is 596. The van der Waals surface area contributed by atoms with Gasteiger partial charge in [0.1, 0.15) is 5.52 Å². The quantitative estimate of drug-likeness (QED) is 0.819. The lowest BCUT2D eigenvalue weighted by Gasteiger charge is -2.10. The molecule has 88 valence electrons. The summed E-state index contributed by atoms with van der Waals surface area (Å²) in [7, 11) is 0. The van der Waals surface area contributed by atoms with E-state index in [-0.39, 0.29) is 11.2 Å². The number of benzene rings is 1. The van der Waals surface area contributed by atoms with Crippen molar-refractivity contribution < 1.29 is 9.21 Å². The fourth-order valence-electron chi connectivity index (χ4n) is 2.16. The molecule has 0 radical (unpaired) electrons. The Hall–Kier alpha value is -1.68. The van der Waals surface area contributed by atoms with Crippen molar-refractivity contribution in [2.75, 3.05) is 6.54 Å². The summed E-state index contributed by atoms with van der Waals surface area (Å²) in [6, 6.07) is 5.40. The fraction of sp³-hybridized carbons (Fsp3) is 0.385. The smallest absolute Gasteiger partial charge is 0.192 e. The zero-order valence-electron chi connectivity index (χ0n) is 9.69. The van der Waals surface area contributed by atoms with Gasteiger partial charge in [0.2, 0.25) is 0 Å². The lowest BCUT2D eigenvalue weighted by atomic mass is 9.95. The molecule has 0 amide bonds. The van der Waals surface area contributed by atoms with Crippen molar-refractivity contribution in [2.45, 2.75) is 19.8 Å². The first kappa shape index (κ1) is 10.5. The summed E-state index contributed by atoms with van der Waals surface area (Å²) in [5.41, 5.74) is 7.50. The highest BCUT2D eigenvalue weighted by atomic mass is 16.3. The first-order valence-electron chi connectivity index (χ1n) is 5.77. The maximum Gasteiger partial charge on any atom is 0.192 e. The molecule has 4 heteroatoms. The summed E-state index contributed by atoms with van der Waals surface area (Å²) in [6.45, 7) is 2.23. The van der Waals surface area contributed by atoms with Gasteiger partial charge in [-0.3, -0.25) is 4.79 Å². The first-order valence-corrected chi connectivity index (χ1v) is 5.77. The fourth-order valence-corrected chi connectivity index (χ4v) is 2.16. The average molecular weight is 230 g/mol. The van der Waals surface area contributed by atoms with Crippen molar-refractivity contribution >= 4 is 16.9 Å². The van der Waals surface area contributed by atoms with Gasteiger partial charge in [-0.1, -0.05) is 0 Å². The van der Waals surface area contributed by atoms with Gasteiger partial charge < -0.3 is 10.2 Å². The minimum absolute atomic E-state index is 0.135. The number of carbonyl (C=O) groups is 1. The highest BCUT2D eigenvalue weighted by Crippen LogP contribution is 2.47. The Labute approximate surface area is 98.8 Å². The lowest BCUT2D eigenvalue weighted by Crippen LogP contribution is -2.25. The predicted molar refractivity (Wildman–Crippen MR) is 63.8 cm³/mol. The molecule has 0 spiro atoms. The first-order chi connectivity index (χ1) is 8.14. The number of carbonyl (C=O) groups excluding carboxylic acids is 1. The standard InChI is InChI=1S/C13H14N2O2/c1-8-15-10-3-2-9(6-11(10)17-8)12(16)13(7-14)4-5-13/h2-3,6H,4-5,7,14H2,1H3. The van der Waals surface area contributed by atoms with Gasteiger partial charge in [0.15, 0.2) is 17.3 Å². The third-order valence-electron chi connectivity index (χ3n) is 3.48. The van der Waals surface area contributed by atoms with E-state index in [4.69, 9.17) is 10.2 Å². The molecule has 1 aromatic carbocycles. The van der Waals surface area contributed by atoms with Gasteiger partial charge in [0.05, 0.1) is 0 Å². The van der Waals surface area contributed by atoms with Crippen LogP contribution in [-0.4, -0.2) is 17.3 Å². The maximum absolute atomic E-state index is 12.3. The summed E-state index contributed by atoms with van der Waals surface area (Å²) in [5.74, 6) is 0.750. The Morgan fingerprint density at radius 2 is 2.29 bits per heavy atom. The molecule has 2 N–H and O–H groups in total. The summed E-state index contributed by atoms with van der Waals surface area (Å²) >= 11 is 0. The maximum atomic E-state index is 12.3. The molecule has 1 aliphatic carbocycles. The molecule has 0 bridgehead atoms. The van der Waals surface area contributed by atoms with E-state index in [1.165, 1.54) is 0 Å². The molecule has 17 heavy (non-hydrogen) atoms. The minimum atomic E-state index is -0.303. The highest BCUT2D eigenvalue weighted by Gasteiger charge is 2.48. The Balaban J connectivity index is 2.03. The van der Waals surface area contributed by atoms with E-state index in [1.54, 1.807) is 13.0 Å². The summed E-state index contributed by atoms with van der Waals surface area (Å²) in [6.07, 6.45) is 1.80. The molecule has 0 unspecified atom stereocenters. The van der Waals surface area contributed by atoms with Crippen molar-refractivity contribution in [3.05, 3.63) is 29.7 Å². The molecule has 0 atom stereocenters. The van der Waals surface area contributed by atoms with Crippen LogP contribution in [-0.2, 0) is 0 Å². The lowest BCUT2D eigenvalue weighted by molar-refractivity contribution is 0.0905. The van der Waals surface area contributed by atoms with E-state index < -0.39 is 0 Å². The minimum Gasteiger partial charge on any atom is -0.441 e. The van der Waals surface area contributed by atoms with E-state index in [1.807, 2.05) is 12.1 Å². The van der Waals surface area contributed by atoms with Crippen LogP contribution in [0.25, 0.3) is 11.1 Å². The van der Waals surface area contributed by atoms with Crippen molar-refractivity contribution in [1.29, 1.82) is 0 Å². The number of fused-ring (bicyclic) bond motifs is 1. The summed E-state index contributed by atoms with van der Waals surface area (Å²) < 4.78 is 5.43. The van der Waals surface area contributed by atoms with E-state index in [9.17, 15) is 4.79 Å². The Morgan fingerprint density at radius 1 is 1.53 bits per heavy atom. The van der Waals surface area contributed by atoms with Crippen LogP contribution in [0, 0.1) is 12.3 Å². The normalized spacial score (nSPS) is 17.3. The molecule has 0 aliphatic heterocycles. The van der Waals surface area contributed by atoms with Gasteiger partial charge in [0.25, 0.3) is 0 Å². The number of nitrogens with zero attached hydrogens (tertiary/aromatic N) is 1. The summed E-state index contributed by atoms with van der Waals surface area (Å²) in [5, 5.41) is 0. The number of nitrogens with two attached hydrogens (primary N) is 1. The monoisotopic (exact) mass is 230 g/mol. The Morgan fingerprint density at radius 3 is 2.94 bits per heavy atom. The van der Waals surface area contributed by atoms with Crippen LogP contribution in [0.4, 0.5) is 0 Å². The van der Waals surface area contributed by atoms with Crippen LogP contribution in [0.1, 0.15) is 29.1 Å². The number of hydrogen-bond donors (Lipinski definition) is 1. The highest BCUT2D eigenvalue weighted by molar-refractivity contribution is 6.04. The topological polar surface area (TPSA) is 69.1 Å². The van der Waals surface area contributed by atoms with Crippen molar-refractivity contribution in [1.82, 2.24) is 4.98 Å². The number of ketones is 1. The number of rotatable bonds is 3. The van der Waals surface area contributed by atoms with Gasteiger partial charge in [-0.25, -0.2) is 4.98 Å². The van der Waals surface area contributed by atoms with Gasteiger partial charge in [-0.15, -0.1) is 0 Å². The van der Waals surface area contributed by atoms with Crippen molar-refractivity contribution in [3.63, 3.8) is 0 Å². The van der Waals surface area contributed by atoms with Crippen LogP contribution in [0.15, 0.2) is 22.6 Å². The summed E-state index contributed by atoms with van der Waals surface area (Å²) in [4.78, 5) is 16.5. The molecule has 1 fully saturated rings. The molecule has 1 aromatic heterocycles. The number of aromatic nitrogens is 1. The van der Waals surface area contributed by atoms with Crippen molar-refractivity contribution in [3.8, 4) is 0 Å². The molecular formula is C13H14N2O2. The molecule has 1 saturated carbocycles. The van der Waals surface area contributed by atoms with Crippen LogP contribution >= 0.6 is 0 Å². The van der Waals surface area contributed by atoms with Crippen LogP contribution in [0.3, 0.4) is 0 Å². The molecule has 4 nitrogen and oxygen atoms in total. The third kappa shape index (κ3) is 1.56. The zero-order chi connectivity index (χ0) is 12.0. The van der Waals surface area contributed by atoms with E-state index >= 15 is 0 Å². The molecule has 3 rings (SSSR count). The average Bonchev–Trinajstić information content (AvgIpc) is 3.03. The zero-order valence-corrected chi connectivity index (χ0v) is 9.69. The SMILES string of the molecule is Cc1nc2ccc(C(=O)C3(CN)CC3)cc2o1. The number of aryl methyl sites for hydroxylation is 1. The predicted octanol–water partition coefficient (Wildman–Crippen LogP) is 2.06. The van der Waals surface area contributed by atoms with Crippen LogP contribution in [0.2, 0.25) is 0 Å². The largest absolute Gasteiger partial charge is 0.441 e. The van der Waals surface area contributed by atoms with E-state index in [0.717, 1.165) is 18.4 Å². The second-order valence-corrected chi connectivity index (χ2v) is 4.73. The molecule has 1 heterocycles. The van der Waals surface area contributed by atoms with Gasteiger partial charge in [-0.2, -0.15) is 0 Å². The van der Waals surface area contributed by atoms with Crippen LogP contribution in [0.5, 0.6) is 0 Å². The van der Waals surface area contributed by atoms with Crippen molar-refractivity contribution in [2.24, 2.45) is 11.1 Å². The molecule has 2 aromatic rings. The van der Waals surface area contributed by atoms with Gasteiger partial charge in [-0.05, 0) is 31.0 Å². The second-order valence-electron chi connectivity index (χ2n) is 4.73. The molecule has 1 aliphatic rings. The number of Topliss-reactive ketones (excluding diaryl/α,β-unsaturated/α-hetero) is 1. The van der Waals surface area contributed by atoms with E-state index in [2.05, 4.69) is 4.98 Å². The van der Waals surface area contributed by atoms with E-state index in [0.29, 0.717) is 23.6 Å². The van der Waals surface area contributed by atoms with Crippen LogP contribution < -0.4 is 5.73 Å². The number of hydrogen-bond acceptors (Lipinski definition) is 4. The Kier molecular flexibility index (Phi) is 2.10. The third-order valence-corrected chi connectivity index (χ3v) is 3.48. The second kappa shape index (κ2) is 3.40. The molecule has 0 saturated heterocycles. The molecular weight excluding hydrogens is 216 g/mol. The van der Waals surface area contributed by atoms with Gasteiger partial charge >= 0.3 is 0 Å². The number of oxazole rings is 1.